The van der Waals surface area contributed by atoms with Crippen LogP contribution in [-0.4, -0.2) is 50.4 Å². The van der Waals surface area contributed by atoms with Gasteiger partial charge in [-0.1, -0.05) is 48.5 Å². The lowest BCUT2D eigenvalue weighted by atomic mass is 10.0. The van der Waals surface area contributed by atoms with Crippen LogP contribution in [0.25, 0.3) is 0 Å². The van der Waals surface area contributed by atoms with Crippen molar-refractivity contribution in [3.05, 3.63) is 65.7 Å². The molecule has 1 aliphatic heterocycles. The van der Waals surface area contributed by atoms with E-state index in [2.05, 4.69) is 12.1 Å². The highest BCUT2D eigenvalue weighted by molar-refractivity contribution is 7.91. The summed E-state index contributed by atoms with van der Waals surface area (Å²) in [7, 11) is -1.37. The summed E-state index contributed by atoms with van der Waals surface area (Å²) in [5.41, 5.74) is 2.18. The number of carbonyl (C=O) groups excluding carboxylic acids is 1. The van der Waals surface area contributed by atoms with Gasteiger partial charge in [0.1, 0.15) is 5.75 Å². The summed E-state index contributed by atoms with van der Waals surface area (Å²) >= 11 is 0. The summed E-state index contributed by atoms with van der Waals surface area (Å²) in [6, 6.07) is 17.5. The number of likely N-dealkylation sites (N-methyl/N-ethyl adjacent to an activating group) is 1. The number of carbonyl (C=O) groups is 1. The van der Waals surface area contributed by atoms with Crippen LogP contribution >= 0.6 is 0 Å². The minimum atomic E-state index is -3.02. The van der Waals surface area contributed by atoms with E-state index in [4.69, 9.17) is 4.74 Å². The first-order chi connectivity index (χ1) is 12.4. The highest BCUT2D eigenvalue weighted by Crippen LogP contribution is 2.22. The Hall–Kier alpha value is -2.34. The molecule has 2 aromatic carbocycles. The molecule has 1 amide bonds. The van der Waals surface area contributed by atoms with Crippen molar-refractivity contribution in [2.45, 2.75) is 18.9 Å². The molecule has 0 aliphatic carbocycles. The Balaban J connectivity index is 1.62. The summed E-state index contributed by atoms with van der Waals surface area (Å²) in [5.74, 6) is 0.661. The smallest absolute Gasteiger partial charge is 0.260 e. The normalized spacial score (nSPS) is 18.4. The monoisotopic (exact) mass is 373 g/mol. The second kappa shape index (κ2) is 7.91. The van der Waals surface area contributed by atoms with Crippen LogP contribution < -0.4 is 4.74 Å². The Morgan fingerprint density at radius 3 is 2.50 bits per heavy atom. The van der Waals surface area contributed by atoms with E-state index < -0.39 is 9.84 Å². The van der Waals surface area contributed by atoms with Crippen LogP contribution in [0.1, 0.15) is 17.5 Å². The molecule has 2 aromatic rings. The molecule has 1 atom stereocenters. The van der Waals surface area contributed by atoms with Crippen molar-refractivity contribution in [2.24, 2.45) is 0 Å². The molecule has 0 radical (unpaired) electrons. The van der Waals surface area contributed by atoms with Crippen LogP contribution in [0, 0.1) is 0 Å². The zero-order valence-electron chi connectivity index (χ0n) is 14.8. The number of hydrogen-bond donors (Lipinski definition) is 0. The molecule has 0 bridgehead atoms. The molecule has 0 aromatic heterocycles. The van der Waals surface area contributed by atoms with Crippen LogP contribution in [0.15, 0.2) is 54.6 Å². The number of amides is 1. The predicted molar refractivity (Wildman–Crippen MR) is 101 cm³/mol. The third-order valence-electron chi connectivity index (χ3n) is 4.71. The predicted octanol–water partition coefficient (Wildman–Crippen LogP) is 2.30. The molecule has 0 N–H and O–H groups in total. The molecule has 6 heteroatoms. The number of ether oxygens (including phenoxy) is 1. The van der Waals surface area contributed by atoms with Gasteiger partial charge in [-0.05, 0) is 23.6 Å². The summed E-state index contributed by atoms with van der Waals surface area (Å²) in [5, 5.41) is 0. The molecule has 1 aliphatic rings. The van der Waals surface area contributed by atoms with E-state index in [0.29, 0.717) is 12.2 Å². The van der Waals surface area contributed by atoms with E-state index in [1.165, 1.54) is 10.5 Å². The van der Waals surface area contributed by atoms with E-state index in [0.717, 1.165) is 12.0 Å². The first-order valence-corrected chi connectivity index (χ1v) is 10.5. The van der Waals surface area contributed by atoms with Gasteiger partial charge in [-0.15, -0.1) is 0 Å². The summed E-state index contributed by atoms with van der Waals surface area (Å²) in [6.07, 6.45) is 1.22. The van der Waals surface area contributed by atoms with Crippen molar-refractivity contribution in [3.8, 4) is 5.75 Å². The average Bonchev–Trinajstić information content (AvgIpc) is 3.01. The topological polar surface area (TPSA) is 63.7 Å². The Kier molecular flexibility index (Phi) is 5.61. The van der Waals surface area contributed by atoms with Gasteiger partial charge in [0.2, 0.25) is 0 Å². The lowest BCUT2D eigenvalue weighted by Crippen LogP contribution is -2.40. The molecule has 26 heavy (non-hydrogen) atoms. The zero-order valence-corrected chi connectivity index (χ0v) is 15.6. The van der Waals surface area contributed by atoms with Gasteiger partial charge in [-0.3, -0.25) is 4.79 Å². The number of sulfone groups is 1. The minimum Gasteiger partial charge on any atom is -0.483 e. The van der Waals surface area contributed by atoms with Gasteiger partial charge in [0.15, 0.2) is 16.4 Å². The van der Waals surface area contributed by atoms with Crippen molar-refractivity contribution >= 4 is 15.7 Å². The fourth-order valence-corrected chi connectivity index (χ4v) is 4.91. The number of nitrogens with zero attached hydrogens (tertiary/aromatic N) is 1. The molecule has 1 fully saturated rings. The molecule has 0 spiro atoms. The minimum absolute atomic E-state index is 0.0415. The van der Waals surface area contributed by atoms with E-state index >= 15 is 0 Å². The maximum atomic E-state index is 12.4. The standard InChI is InChI=1S/C20H23NO4S/c1-21(18-11-12-26(23,24)15-18)20(22)14-25-19-10-6-5-9-17(19)13-16-7-3-2-4-8-16/h2-10,18H,11-15H2,1H3. The van der Waals surface area contributed by atoms with Gasteiger partial charge in [-0.2, -0.15) is 0 Å². The Labute approximate surface area is 154 Å². The van der Waals surface area contributed by atoms with Crippen LogP contribution in [-0.2, 0) is 21.1 Å². The van der Waals surface area contributed by atoms with Crippen LogP contribution in [0.3, 0.4) is 0 Å². The van der Waals surface area contributed by atoms with Gasteiger partial charge in [0.25, 0.3) is 5.91 Å². The number of benzene rings is 2. The number of hydrogen-bond acceptors (Lipinski definition) is 4. The lowest BCUT2D eigenvalue weighted by Gasteiger charge is -2.23. The largest absolute Gasteiger partial charge is 0.483 e. The van der Waals surface area contributed by atoms with E-state index in [1.54, 1.807) is 7.05 Å². The molecular weight excluding hydrogens is 350 g/mol. The molecule has 1 saturated heterocycles. The second-order valence-electron chi connectivity index (χ2n) is 6.62. The molecule has 5 nitrogen and oxygen atoms in total. The SMILES string of the molecule is CN(C(=O)COc1ccccc1Cc1ccccc1)C1CCS(=O)(=O)C1. The van der Waals surface area contributed by atoms with Crippen molar-refractivity contribution in [1.82, 2.24) is 4.90 Å². The highest BCUT2D eigenvalue weighted by Gasteiger charge is 2.32. The van der Waals surface area contributed by atoms with Gasteiger partial charge >= 0.3 is 0 Å². The highest BCUT2D eigenvalue weighted by atomic mass is 32.2. The zero-order chi connectivity index (χ0) is 18.6. The fraction of sp³-hybridized carbons (Fsp3) is 0.350. The molecule has 1 unspecified atom stereocenters. The van der Waals surface area contributed by atoms with Crippen molar-refractivity contribution < 1.29 is 17.9 Å². The number of rotatable bonds is 6. The third kappa shape index (κ3) is 4.64. The lowest BCUT2D eigenvalue weighted by molar-refractivity contribution is -0.133. The number of para-hydroxylation sites is 1. The van der Waals surface area contributed by atoms with Crippen molar-refractivity contribution in [3.63, 3.8) is 0 Å². The summed E-state index contributed by atoms with van der Waals surface area (Å²) in [4.78, 5) is 13.9. The third-order valence-corrected chi connectivity index (χ3v) is 6.46. The Bertz CT molecular complexity index is 864. The maximum absolute atomic E-state index is 12.4. The molecule has 138 valence electrons. The van der Waals surface area contributed by atoms with E-state index in [9.17, 15) is 13.2 Å². The van der Waals surface area contributed by atoms with Gasteiger partial charge < -0.3 is 9.64 Å². The molecule has 0 saturated carbocycles. The molecule has 1 heterocycles. The van der Waals surface area contributed by atoms with Crippen molar-refractivity contribution in [1.29, 1.82) is 0 Å². The Morgan fingerprint density at radius 1 is 1.12 bits per heavy atom. The van der Waals surface area contributed by atoms with Crippen LogP contribution in [0.5, 0.6) is 5.75 Å². The molecular formula is C20H23NO4S. The van der Waals surface area contributed by atoms with E-state index in [-0.39, 0.29) is 30.1 Å². The summed E-state index contributed by atoms with van der Waals surface area (Å²) in [6.45, 7) is -0.0984. The first kappa shape index (κ1) is 18.5. The quantitative estimate of drug-likeness (QED) is 0.779. The first-order valence-electron chi connectivity index (χ1n) is 8.65. The van der Waals surface area contributed by atoms with E-state index in [1.807, 2.05) is 42.5 Å². The van der Waals surface area contributed by atoms with Crippen LogP contribution in [0.2, 0.25) is 0 Å². The van der Waals surface area contributed by atoms with Gasteiger partial charge in [0, 0.05) is 19.5 Å². The van der Waals surface area contributed by atoms with Gasteiger partial charge in [-0.25, -0.2) is 8.42 Å². The maximum Gasteiger partial charge on any atom is 0.260 e. The second-order valence-corrected chi connectivity index (χ2v) is 8.85. The van der Waals surface area contributed by atoms with Crippen molar-refractivity contribution in [2.75, 3.05) is 25.2 Å². The van der Waals surface area contributed by atoms with Crippen LogP contribution in [0.4, 0.5) is 0 Å². The average molecular weight is 373 g/mol. The Morgan fingerprint density at radius 2 is 1.81 bits per heavy atom. The summed E-state index contributed by atoms with van der Waals surface area (Å²) < 4.78 is 29.0. The van der Waals surface area contributed by atoms with Gasteiger partial charge in [0.05, 0.1) is 11.5 Å². The fourth-order valence-electron chi connectivity index (χ4n) is 3.13. The molecule has 3 rings (SSSR count).